The van der Waals surface area contributed by atoms with Crippen molar-refractivity contribution in [3.8, 4) is 0 Å². The zero-order chi connectivity index (χ0) is 7.61. The van der Waals surface area contributed by atoms with E-state index >= 15 is 0 Å². The van der Waals surface area contributed by atoms with Crippen molar-refractivity contribution < 1.29 is 14.9 Å². The first-order valence-corrected chi connectivity index (χ1v) is 3.25. The summed E-state index contributed by atoms with van der Waals surface area (Å²) in [5, 5.41) is 18.7. The first-order chi connectivity index (χ1) is 4.69. The number of aliphatic hydroxyl groups is 2. The largest absolute Gasteiger partial charge is 0.386 e. The smallest absolute Gasteiger partial charge is 0.121 e. The Kier molecular flexibility index (Phi) is 4.03. The Hall–Kier alpha value is -0.0900. The molecule has 0 bridgehead atoms. The monoisotopic (exact) mass is 180 g/mol. The molecule has 3 nitrogen and oxygen atoms in total. The van der Waals surface area contributed by atoms with E-state index in [1.54, 1.807) is 12.2 Å². The first kappa shape index (κ1) is 10.9. The van der Waals surface area contributed by atoms with Crippen LogP contribution in [0.1, 0.15) is 6.42 Å². The number of aliphatic hydroxyl groups excluding tert-OH is 1. The zero-order valence-corrected chi connectivity index (χ0v) is 7.17. The van der Waals surface area contributed by atoms with Crippen molar-refractivity contribution >= 4 is 12.4 Å². The van der Waals surface area contributed by atoms with Crippen LogP contribution in [0.15, 0.2) is 12.2 Å². The maximum Gasteiger partial charge on any atom is 0.121 e. The molecule has 1 aliphatic rings. The molecule has 2 unspecified atom stereocenters. The standard InChI is InChI=1S/C7H12O3.ClH/c1-10-5-7(9)4-2-3-6(7)8;/h2-3,6,8-9H,4-5H2,1H3;1H. The molecule has 0 radical (unpaired) electrons. The fourth-order valence-electron chi connectivity index (χ4n) is 1.10. The van der Waals surface area contributed by atoms with E-state index in [-0.39, 0.29) is 19.0 Å². The summed E-state index contributed by atoms with van der Waals surface area (Å²) in [7, 11) is 1.50. The highest BCUT2D eigenvalue weighted by molar-refractivity contribution is 5.85. The minimum absolute atomic E-state index is 0. The number of hydrogen-bond donors (Lipinski definition) is 2. The van der Waals surface area contributed by atoms with E-state index < -0.39 is 11.7 Å². The Labute approximate surface area is 72.1 Å². The predicted molar refractivity (Wildman–Crippen MR) is 43.8 cm³/mol. The second-order valence-electron chi connectivity index (χ2n) is 2.61. The summed E-state index contributed by atoms with van der Waals surface area (Å²) >= 11 is 0. The van der Waals surface area contributed by atoms with E-state index in [2.05, 4.69) is 0 Å². The van der Waals surface area contributed by atoms with Crippen LogP contribution in [-0.2, 0) is 4.74 Å². The molecule has 11 heavy (non-hydrogen) atoms. The molecular weight excluding hydrogens is 168 g/mol. The second kappa shape index (κ2) is 4.07. The molecule has 0 spiro atoms. The minimum Gasteiger partial charge on any atom is -0.386 e. The lowest BCUT2D eigenvalue weighted by Crippen LogP contribution is -2.42. The molecule has 0 aromatic carbocycles. The molecule has 0 aromatic heterocycles. The third kappa shape index (κ3) is 2.17. The van der Waals surface area contributed by atoms with E-state index in [4.69, 9.17) is 9.84 Å². The Morgan fingerprint density at radius 2 is 2.36 bits per heavy atom. The van der Waals surface area contributed by atoms with Crippen molar-refractivity contribution in [2.45, 2.75) is 18.1 Å². The molecule has 4 heteroatoms. The summed E-state index contributed by atoms with van der Waals surface area (Å²) in [6.07, 6.45) is 3.04. The number of ether oxygens (including phenoxy) is 1. The fraction of sp³-hybridized carbons (Fsp3) is 0.714. The van der Waals surface area contributed by atoms with E-state index in [0.29, 0.717) is 6.42 Å². The molecule has 0 fully saturated rings. The minimum atomic E-state index is -1.07. The van der Waals surface area contributed by atoms with Gasteiger partial charge in [0.25, 0.3) is 0 Å². The van der Waals surface area contributed by atoms with Crippen molar-refractivity contribution in [1.82, 2.24) is 0 Å². The molecular formula is C7H13ClO3. The lowest BCUT2D eigenvalue weighted by atomic mass is 10.0. The van der Waals surface area contributed by atoms with Gasteiger partial charge in [-0.05, 0) is 6.42 Å². The molecule has 2 N–H and O–H groups in total. The Bertz CT molecular complexity index is 149. The molecule has 0 heterocycles. The van der Waals surface area contributed by atoms with E-state index in [9.17, 15) is 5.11 Å². The summed E-state index contributed by atoms with van der Waals surface area (Å²) in [6.45, 7) is 0.182. The summed E-state index contributed by atoms with van der Waals surface area (Å²) in [4.78, 5) is 0. The highest BCUT2D eigenvalue weighted by atomic mass is 35.5. The number of hydrogen-bond acceptors (Lipinski definition) is 3. The van der Waals surface area contributed by atoms with E-state index in [0.717, 1.165) is 0 Å². The summed E-state index contributed by atoms with van der Waals surface area (Å²) < 4.78 is 4.75. The second-order valence-corrected chi connectivity index (χ2v) is 2.61. The Morgan fingerprint density at radius 3 is 2.73 bits per heavy atom. The van der Waals surface area contributed by atoms with Crippen LogP contribution < -0.4 is 0 Å². The third-order valence-corrected chi connectivity index (χ3v) is 1.73. The Balaban J connectivity index is 0.000001000. The average Bonchev–Trinajstić information content (AvgIpc) is 2.15. The zero-order valence-electron chi connectivity index (χ0n) is 6.36. The van der Waals surface area contributed by atoms with Gasteiger partial charge in [0.1, 0.15) is 11.7 Å². The first-order valence-electron chi connectivity index (χ1n) is 3.25. The van der Waals surface area contributed by atoms with Gasteiger partial charge in [-0.3, -0.25) is 0 Å². The maximum absolute atomic E-state index is 9.52. The van der Waals surface area contributed by atoms with E-state index in [1.165, 1.54) is 7.11 Å². The summed E-state index contributed by atoms with van der Waals surface area (Å²) in [5.74, 6) is 0. The third-order valence-electron chi connectivity index (χ3n) is 1.73. The molecule has 0 aliphatic heterocycles. The van der Waals surface area contributed by atoms with Crippen LogP contribution in [0.2, 0.25) is 0 Å². The van der Waals surface area contributed by atoms with Gasteiger partial charge >= 0.3 is 0 Å². The van der Waals surface area contributed by atoms with Crippen molar-refractivity contribution in [3.63, 3.8) is 0 Å². The predicted octanol–water partition coefficient (Wildman–Crippen LogP) is 0.106. The van der Waals surface area contributed by atoms with Crippen LogP contribution >= 0.6 is 12.4 Å². The molecule has 66 valence electrons. The molecule has 0 saturated heterocycles. The fourth-order valence-corrected chi connectivity index (χ4v) is 1.10. The number of methoxy groups -OCH3 is 1. The molecule has 2 atom stereocenters. The lowest BCUT2D eigenvalue weighted by molar-refractivity contribution is -0.0855. The number of rotatable bonds is 2. The van der Waals surface area contributed by atoms with Gasteiger partial charge in [-0.15, -0.1) is 12.4 Å². The van der Waals surface area contributed by atoms with Crippen LogP contribution in [0.25, 0.3) is 0 Å². The van der Waals surface area contributed by atoms with Gasteiger partial charge in [0.2, 0.25) is 0 Å². The molecule has 0 amide bonds. The van der Waals surface area contributed by atoms with Crippen molar-refractivity contribution in [2.24, 2.45) is 0 Å². The summed E-state index contributed by atoms with van der Waals surface area (Å²) in [5.41, 5.74) is -1.07. The topological polar surface area (TPSA) is 49.7 Å². The van der Waals surface area contributed by atoms with Gasteiger partial charge < -0.3 is 14.9 Å². The SMILES string of the molecule is COCC1(O)CC=CC1O.Cl. The van der Waals surface area contributed by atoms with Crippen LogP contribution in [0.4, 0.5) is 0 Å². The van der Waals surface area contributed by atoms with Crippen molar-refractivity contribution in [2.75, 3.05) is 13.7 Å². The van der Waals surface area contributed by atoms with E-state index in [1.807, 2.05) is 0 Å². The highest BCUT2D eigenvalue weighted by Crippen LogP contribution is 2.23. The molecule has 0 saturated carbocycles. The van der Waals surface area contributed by atoms with Gasteiger partial charge in [0.15, 0.2) is 0 Å². The number of halogens is 1. The molecule has 0 aromatic rings. The van der Waals surface area contributed by atoms with Crippen LogP contribution in [0.5, 0.6) is 0 Å². The van der Waals surface area contributed by atoms with Gasteiger partial charge in [0.05, 0.1) is 6.61 Å². The quantitative estimate of drug-likeness (QED) is 0.593. The van der Waals surface area contributed by atoms with Gasteiger partial charge in [-0.25, -0.2) is 0 Å². The van der Waals surface area contributed by atoms with Crippen LogP contribution in [0, 0.1) is 0 Å². The average molecular weight is 181 g/mol. The Morgan fingerprint density at radius 1 is 1.73 bits per heavy atom. The van der Waals surface area contributed by atoms with Crippen LogP contribution in [0.3, 0.4) is 0 Å². The van der Waals surface area contributed by atoms with Crippen molar-refractivity contribution in [3.05, 3.63) is 12.2 Å². The van der Waals surface area contributed by atoms with Crippen molar-refractivity contribution in [1.29, 1.82) is 0 Å². The molecule has 1 rings (SSSR count). The lowest BCUT2D eigenvalue weighted by Gasteiger charge is -2.24. The maximum atomic E-state index is 9.52. The van der Waals surface area contributed by atoms with Gasteiger partial charge in [-0.2, -0.15) is 0 Å². The highest BCUT2D eigenvalue weighted by Gasteiger charge is 2.36. The normalized spacial score (nSPS) is 35.4. The van der Waals surface area contributed by atoms with Gasteiger partial charge in [-0.1, -0.05) is 12.2 Å². The summed E-state index contributed by atoms with van der Waals surface area (Å²) in [6, 6.07) is 0. The van der Waals surface area contributed by atoms with Crippen LogP contribution in [-0.4, -0.2) is 35.6 Å². The van der Waals surface area contributed by atoms with Gasteiger partial charge in [0, 0.05) is 7.11 Å². The molecule has 1 aliphatic carbocycles.